The van der Waals surface area contributed by atoms with Gasteiger partial charge in [-0.2, -0.15) is 0 Å². The fourth-order valence-electron chi connectivity index (χ4n) is 1.56. The van der Waals surface area contributed by atoms with Gasteiger partial charge in [0.15, 0.2) is 9.84 Å². The van der Waals surface area contributed by atoms with Crippen LogP contribution >= 0.6 is 0 Å². The van der Waals surface area contributed by atoms with E-state index in [0.717, 1.165) is 5.56 Å². The number of benzene rings is 1. The van der Waals surface area contributed by atoms with Gasteiger partial charge in [-0.25, -0.2) is 8.42 Å². The molecular formula is C13H20O4S. The molecule has 0 aliphatic carbocycles. The zero-order chi connectivity index (χ0) is 13.6. The number of rotatable bonds is 7. The van der Waals surface area contributed by atoms with Crippen LogP contribution in [0.4, 0.5) is 0 Å². The molecule has 0 spiro atoms. The fraction of sp³-hybridized carbons (Fsp3) is 0.538. The predicted molar refractivity (Wildman–Crippen MR) is 71.5 cm³/mol. The Balaban J connectivity index is 2.52. The molecule has 0 aliphatic heterocycles. The van der Waals surface area contributed by atoms with Crippen LogP contribution in [0.25, 0.3) is 0 Å². The van der Waals surface area contributed by atoms with E-state index in [-0.39, 0.29) is 18.1 Å². The number of aliphatic hydroxyl groups is 1. The first-order chi connectivity index (χ1) is 8.44. The summed E-state index contributed by atoms with van der Waals surface area (Å²) in [6, 6.07) is 7.04. The topological polar surface area (TPSA) is 63.6 Å². The number of hydrogen-bond donors (Lipinski definition) is 1. The van der Waals surface area contributed by atoms with Crippen molar-refractivity contribution in [3.63, 3.8) is 0 Å². The van der Waals surface area contributed by atoms with Crippen LogP contribution in [0.5, 0.6) is 5.75 Å². The summed E-state index contributed by atoms with van der Waals surface area (Å²) in [4.78, 5) is 0. The molecule has 0 saturated heterocycles. The van der Waals surface area contributed by atoms with Crippen molar-refractivity contribution in [1.82, 2.24) is 0 Å². The summed E-state index contributed by atoms with van der Waals surface area (Å²) in [5.41, 5.74) is 0.754. The summed E-state index contributed by atoms with van der Waals surface area (Å²) < 4.78 is 28.3. The molecule has 4 nitrogen and oxygen atoms in total. The van der Waals surface area contributed by atoms with Crippen LogP contribution in [0.15, 0.2) is 24.3 Å². The predicted octanol–water partition coefficient (Wildman–Crippen LogP) is 1.94. The quantitative estimate of drug-likeness (QED) is 0.824. The van der Waals surface area contributed by atoms with E-state index in [1.54, 1.807) is 31.2 Å². The molecule has 1 aromatic rings. The second-order valence-electron chi connectivity index (χ2n) is 4.25. The average Bonchev–Trinajstić information content (AvgIpc) is 2.29. The molecule has 0 aromatic heterocycles. The molecule has 1 rings (SSSR count). The molecule has 1 N–H and O–H groups in total. The van der Waals surface area contributed by atoms with Gasteiger partial charge in [-0.1, -0.05) is 19.1 Å². The van der Waals surface area contributed by atoms with Gasteiger partial charge in [0.25, 0.3) is 0 Å². The summed E-state index contributed by atoms with van der Waals surface area (Å²) in [6.45, 7) is 3.65. The van der Waals surface area contributed by atoms with E-state index in [0.29, 0.717) is 12.2 Å². The van der Waals surface area contributed by atoms with Gasteiger partial charge in [-0.3, -0.25) is 0 Å². The van der Waals surface area contributed by atoms with Gasteiger partial charge >= 0.3 is 0 Å². The van der Waals surface area contributed by atoms with E-state index in [2.05, 4.69) is 0 Å². The fourth-order valence-corrected chi connectivity index (χ4v) is 2.73. The van der Waals surface area contributed by atoms with Gasteiger partial charge in [-0.15, -0.1) is 0 Å². The van der Waals surface area contributed by atoms with E-state index in [4.69, 9.17) is 4.74 Å². The van der Waals surface area contributed by atoms with Gasteiger partial charge in [-0.05, 0) is 31.0 Å². The third-order valence-electron chi connectivity index (χ3n) is 2.52. The smallest absolute Gasteiger partial charge is 0.153 e. The lowest BCUT2D eigenvalue weighted by Crippen LogP contribution is -2.16. The normalized spacial score (nSPS) is 13.3. The zero-order valence-electron chi connectivity index (χ0n) is 10.8. The maximum absolute atomic E-state index is 11.5. The van der Waals surface area contributed by atoms with E-state index >= 15 is 0 Å². The molecule has 0 fully saturated rings. The van der Waals surface area contributed by atoms with Crippen LogP contribution < -0.4 is 4.74 Å². The molecule has 0 saturated carbocycles. The molecule has 102 valence electrons. The zero-order valence-corrected chi connectivity index (χ0v) is 11.6. The summed E-state index contributed by atoms with van der Waals surface area (Å²) in [6.07, 6.45) is 0.0669. The molecule has 1 unspecified atom stereocenters. The number of ether oxygens (including phenoxy) is 1. The van der Waals surface area contributed by atoms with Crippen molar-refractivity contribution < 1.29 is 18.3 Å². The first kappa shape index (κ1) is 15.0. The second kappa shape index (κ2) is 6.75. The number of sulfone groups is 1. The highest BCUT2D eigenvalue weighted by atomic mass is 32.2. The number of hydrogen-bond acceptors (Lipinski definition) is 4. The van der Waals surface area contributed by atoms with E-state index in [9.17, 15) is 13.5 Å². The van der Waals surface area contributed by atoms with Crippen LogP contribution in [0, 0.1) is 0 Å². The van der Waals surface area contributed by atoms with E-state index in [1.807, 2.05) is 6.92 Å². The number of aliphatic hydroxyl groups excluding tert-OH is 1. The molecule has 0 aliphatic rings. The van der Waals surface area contributed by atoms with Crippen LogP contribution in [0.1, 0.15) is 31.9 Å². The molecule has 5 heteroatoms. The Morgan fingerprint density at radius 3 is 2.67 bits per heavy atom. The minimum atomic E-state index is -3.00. The summed E-state index contributed by atoms with van der Waals surface area (Å²) >= 11 is 0. The largest absolute Gasteiger partial charge is 0.493 e. The lowest BCUT2D eigenvalue weighted by atomic mass is 10.1. The van der Waals surface area contributed by atoms with Gasteiger partial charge in [0.05, 0.1) is 17.6 Å². The van der Waals surface area contributed by atoms with Crippen molar-refractivity contribution >= 4 is 9.84 Å². The Hall–Kier alpha value is -1.07. The summed E-state index contributed by atoms with van der Waals surface area (Å²) in [5.74, 6) is 0.809. The van der Waals surface area contributed by atoms with Crippen LogP contribution in [0.2, 0.25) is 0 Å². The summed E-state index contributed by atoms with van der Waals surface area (Å²) in [7, 11) is -3.00. The third-order valence-corrected chi connectivity index (χ3v) is 4.34. The Labute approximate surface area is 109 Å². The molecule has 0 heterocycles. The highest BCUT2D eigenvalue weighted by molar-refractivity contribution is 7.91. The van der Waals surface area contributed by atoms with Crippen LogP contribution in [-0.2, 0) is 9.84 Å². The Bertz CT molecular complexity index is 466. The van der Waals surface area contributed by atoms with E-state index < -0.39 is 15.9 Å². The average molecular weight is 272 g/mol. The van der Waals surface area contributed by atoms with Gasteiger partial charge in [0.1, 0.15) is 12.4 Å². The Morgan fingerprint density at radius 2 is 2.06 bits per heavy atom. The SMILES string of the molecule is CCCS(=O)(=O)CCOc1cccc(C(C)O)c1. The van der Waals surface area contributed by atoms with Crippen molar-refractivity contribution in [1.29, 1.82) is 0 Å². The molecule has 0 radical (unpaired) electrons. The highest BCUT2D eigenvalue weighted by Crippen LogP contribution is 2.18. The molecule has 18 heavy (non-hydrogen) atoms. The van der Waals surface area contributed by atoms with Crippen molar-refractivity contribution in [3.05, 3.63) is 29.8 Å². The molecule has 1 aromatic carbocycles. The maximum atomic E-state index is 11.5. The highest BCUT2D eigenvalue weighted by Gasteiger charge is 2.09. The van der Waals surface area contributed by atoms with Crippen molar-refractivity contribution in [2.75, 3.05) is 18.1 Å². The maximum Gasteiger partial charge on any atom is 0.153 e. The van der Waals surface area contributed by atoms with Crippen LogP contribution in [-0.4, -0.2) is 31.6 Å². The monoisotopic (exact) mass is 272 g/mol. The van der Waals surface area contributed by atoms with Crippen molar-refractivity contribution in [2.45, 2.75) is 26.4 Å². The first-order valence-electron chi connectivity index (χ1n) is 6.06. The first-order valence-corrected chi connectivity index (χ1v) is 7.88. The third kappa shape index (κ3) is 5.06. The minimum Gasteiger partial charge on any atom is -0.493 e. The standard InChI is InChI=1S/C13H20O4S/c1-3-8-18(15,16)9-7-17-13-6-4-5-12(10-13)11(2)14/h4-6,10-11,14H,3,7-9H2,1-2H3. The second-order valence-corrected chi connectivity index (χ2v) is 6.55. The van der Waals surface area contributed by atoms with Gasteiger partial charge in [0.2, 0.25) is 0 Å². The Morgan fingerprint density at radius 1 is 1.33 bits per heavy atom. The van der Waals surface area contributed by atoms with E-state index in [1.165, 1.54) is 0 Å². The lowest BCUT2D eigenvalue weighted by molar-refractivity contribution is 0.198. The molecule has 0 amide bonds. The Kier molecular flexibility index (Phi) is 5.62. The van der Waals surface area contributed by atoms with Crippen LogP contribution in [0.3, 0.4) is 0 Å². The molecule has 0 bridgehead atoms. The molecular weight excluding hydrogens is 252 g/mol. The van der Waals surface area contributed by atoms with Crippen molar-refractivity contribution in [2.24, 2.45) is 0 Å². The van der Waals surface area contributed by atoms with Crippen molar-refractivity contribution in [3.8, 4) is 5.75 Å². The summed E-state index contributed by atoms with van der Waals surface area (Å²) in [5, 5.41) is 9.42. The molecule has 1 atom stereocenters. The minimum absolute atomic E-state index is 0.0275. The lowest BCUT2D eigenvalue weighted by Gasteiger charge is -2.09. The van der Waals surface area contributed by atoms with Gasteiger partial charge < -0.3 is 9.84 Å². The van der Waals surface area contributed by atoms with Gasteiger partial charge in [0, 0.05) is 0 Å².